The van der Waals surface area contributed by atoms with E-state index in [-0.39, 0.29) is 17.7 Å². The number of halogens is 3. The summed E-state index contributed by atoms with van der Waals surface area (Å²) >= 11 is 6.42. The van der Waals surface area contributed by atoms with E-state index in [1.54, 1.807) is 17.0 Å². The standard InChI is InChI=1S/C28H35ClF2N6O3/c1-4-25(38)36-11-12-37(18(2)13-36)26-21-15-35(14-20-22(29)8-5-9-24(20)40-27(30)31)16-23(21)32-28(33-26)39-17-19-7-6-10-34(19)3/h4-5,8-9,18-19,27H,1,6-7,10-17H2,2-3H3/t18-,19+/m1/s1. The molecule has 0 bridgehead atoms. The highest BCUT2D eigenvalue weighted by Gasteiger charge is 2.34. The number of likely N-dealkylation sites (tertiary alicyclic amines) is 1. The summed E-state index contributed by atoms with van der Waals surface area (Å²) in [6, 6.07) is 5.41. The van der Waals surface area contributed by atoms with Crippen LogP contribution in [0, 0.1) is 0 Å². The number of alkyl halides is 2. The maximum absolute atomic E-state index is 13.1. The van der Waals surface area contributed by atoms with Crippen LogP contribution in [-0.2, 0) is 24.4 Å². The van der Waals surface area contributed by atoms with Gasteiger partial charge in [0.1, 0.15) is 18.2 Å². The van der Waals surface area contributed by atoms with Crippen LogP contribution in [0.4, 0.5) is 14.6 Å². The number of piperazine rings is 1. The van der Waals surface area contributed by atoms with Crippen LogP contribution in [0.3, 0.4) is 0 Å². The number of carbonyl (C=O) groups is 1. The largest absolute Gasteiger partial charge is 0.462 e. The molecule has 1 aromatic carbocycles. The molecule has 216 valence electrons. The van der Waals surface area contributed by atoms with E-state index < -0.39 is 6.61 Å². The number of amides is 1. The van der Waals surface area contributed by atoms with Crippen LogP contribution in [0.15, 0.2) is 30.9 Å². The number of rotatable bonds is 9. The number of hydrogen-bond acceptors (Lipinski definition) is 8. The van der Waals surface area contributed by atoms with E-state index in [9.17, 15) is 13.6 Å². The molecule has 0 radical (unpaired) electrons. The van der Waals surface area contributed by atoms with Crippen LogP contribution in [-0.4, -0.2) is 89.1 Å². The van der Waals surface area contributed by atoms with Gasteiger partial charge in [0.15, 0.2) is 0 Å². The van der Waals surface area contributed by atoms with Crippen molar-refractivity contribution >= 4 is 23.3 Å². The van der Waals surface area contributed by atoms with Gasteiger partial charge in [0.05, 0.1) is 5.69 Å². The van der Waals surface area contributed by atoms with Gasteiger partial charge in [-0.05, 0) is 51.6 Å². The Hall–Kier alpha value is -3.02. The Kier molecular flexibility index (Phi) is 8.72. The van der Waals surface area contributed by atoms with Crippen molar-refractivity contribution in [2.45, 2.75) is 58.1 Å². The molecule has 2 aromatic rings. The number of hydrogen-bond donors (Lipinski definition) is 0. The van der Waals surface area contributed by atoms with Gasteiger partial charge in [0, 0.05) is 67.5 Å². The minimum atomic E-state index is -2.95. The molecular weight excluding hydrogens is 542 g/mol. The molecule has 0 aliphatic carbocycles. The highest BCUT2D eigenvalue weighted by molar-refractivity contribution is 6.31. The van der Waals surface area contributed by atoms with Gasteiger partial charge in [-0.3, -0.25) is 9.69 Å². The highest BCUT2D eigenvalue weighted by Crippen LogP contribution is 2.36. The average Bonchev–Trinajstić information content (AvgIpc) is 3.53. The number of benzene rings is 1. The van der Waals surface area contributed by atoms with Crippen LogP contribution in [0.25, 0.3) is 0 Å². The number of anilines is 1. The fourth-order valence-corrected chi connectivity index (χ4v) is 6.00. The molecule has 0 spiro atoms. The third kappa shape index (κ3) is 6.16. The van der Waals surface area contributed by atoms with Crippen LogP contribution in [0.1, 0.15) is 36.6 Å². The van der Waals surface area contributed by atoms with Crippen LogP contribution >= 0.6 is 11.6 Å². The van der Waals surface area contributed by atoms with Crippen molar-refractivity contribution in [3.05, 3.63) is 52.7 Å². The minimum Gasteiger partial charge on any atom is -0.462 e. The summed E-state index contributed by atoms with van der Waals surface area (Å²) in [5, 5.41) is 0.363. The molecule has 2 saturated heterocycles. The van der Waals surface area contributed by atoms with Gasteiger partial charge in [0.2, 0.25) is 5.91 Å². The van der Waals surface area contributed by atoms with Crippen molar-refractivity contribution in [3.63, 3.8) is 0 Å². The van der Waals surface area contributed by atoms with Gasteiger partial charge in [-0.25, -0.2) is 0 Å². The zero-order chi connectivity index (χ0) is 28.4. The van der Waals surface area contributed by atoms with Crippen molar-refractivity contribution in [1.29, 1.82) is 0 Å². The second-order valence-corrected chi connectivity index (χ2v) is 11.0. The molecule has 2 atom stereocenters. The summed E-state index contributed by atoms with van der Waals surface area (Å²) in [6.07, 6.45) is 3.55. The van der Waals surface area contributed by atoms with Gasteiger partial charge < -0.3 is 24.2 Å². The van der Waals surface area contributed by atoms with E-state index in [0.29, 0.717) is 68.5 Å². The quantitative estimate of drug-likeness (QED) is 0.416. The van der Waals surface area contributed by atoms with Crippen molar-refractivity contribution in [2.24, 2.45) is 0 Å². The first-order chi connectivity index (χ1) is 19.2. The van der Waals surface area contributed by atoms with Crippen molar-refractivity contribution in [1.82, 2.24) is 24.7 Å². The zero-order valence-electron chi connectivity index (χ0n) is 22.9. The number of carbonyl (C=O) groups excluding carboxylic acids is 1. The first kappa shape index (κ1) is 28.5. The summed E-state index contributed by atoms with van der Waals surface area (Å²) in [5.74, 6) is 0.756. The topological polar surface area (TPSA) is 74.3 Å². The first-order valence-electron chi connectivity index (χ1n) is 13.6. The highest BCUT2D eigenvalue weighted by atomic mass is 35.5. The lowest BCUT2D eigenvalue weighted by Gasteiger charge is -2.40. The smallest absolute Gasteiger partial charge is 0.387 e. The van der Waals surface area contributed by atoms with Crippen molar-refractivity contribution in [2.75, 3.05) is 44.7 Å². The summed E-state index contributed by atoms with van der Waals surface area (Å²) in [4.78, 5) is 30.3. The maximum atomic E-state index is 13.1. The number of fused-ring (bicyclic) bond motifs is 1. The predicted molar refractivity (Wildman–Crippen MR) is 148 cm³/mol. The maximum Gasteiger partial charge on any atom is 0.387 e. The number of ether oxygens (including phenoxy) is 2. The van der Waals surface area contributed by atoms with E-state index in [0.717, 1.165) is 36.5 Å². The van der Waals surface area contributed by atoms with Crippen LogP contribution in [0.5, 0.6) is 11.8 Å². The molecule has 0 unspecified atom stereocenters. The molecule has 4 heterocycles. The molecule has 9 nitrogen and oxygen atoms in total. The second-order valence-electron chi connectivity index (χ2n) is 10.6. The Morgan fingerprint density at radius 3 is 2.77 bits per heavy atom. The Balaban J connectivity index is 1.41. The molecule has 0 saturated carbocycles. The summed E-state index contributed by atoms with van der Waals surface area (Å²) in [5.41, 5.74) is 2.29. The minimum absolute atomic E-state index is 0.00845. The Morgan fingerprint density at radius 1 is 1.25 bits per heavy atom. The molecular formula is C28H35ClF2N6O3. The molecule has 2 fully saturated rings. The average molecular weight is 577 g/mol. The third-order valence-corrected chi connectivity index (χ3v) is 8.30. The second kappa shape index (κ2) is 12.2. The fourth-order valence-electron chi connectivity index (χ4n) is 5.78. The van der Waals surface area contributed by atoms with E-state index in [2.05, 4.69) is 35.3 Å². The van der Waals surface area contributed by atoms with Crippen LogP contribution in [0.2, 0.25) is 5.02 Å². The van der Waals surface area contributed by atoms with Gasteiger partial charge in [-0.1, -0.05) is 24.2 Å². The molecule has 0 N–H and O–H groups in total. The summed E-state index contributed by atoms with van der Waals surface area (Å²) in [6.45, 7) is 7.27. The van der Waals surface area contributed by atoms with Crippen LogP contribution < -0.4 is 14.4 Å². The lowest BCUT2D eigenvalue weighted by Crippen LogP contribution is -2.54. The molecule has 3 aliphatic heterocycles. The van der Waals surface area contributed by atoms with E-state index in [1.165, 1.54) is 12.1 Å². The van der Waals surface area contributed by atoms with Crippen molar-refractivity contribution < 1.29 is 23.0 Å². The predicted octanol–water partition coefficient (Wildman–Crippen LogP) is 3.94. The molecule has 1 aromatic heterocycles. The Morgan fingerprint density at radius 2 is 2.08 bits per heavy atom. The molecule has 1 amide bonds. The monoisotopic (exact) mass is 576 g/mol. The van der Waals surface area contributed by atoms with Gasteiger partial charge in [-0.15, -0.1) is 0 Å². The van der Waals surface area contributed by atoms with E-state index in [1.807, 2.05) is 0 Å². The fraction of sp³-hybridized carbons (Fsp3) is 0.536. The molecule has 40 heavy (non-hydrogen) atoms. The summed E-state index contributed by atoms with van der Waals surface area (Å²) in [7, 11) is 2.10. The lowest BCUT2D eigenvalue weighted by atomic mass is 10.1. The van der Waals surface area contributed by atoms with Gasteiger partial charge >= 0.3 is 12.6 Å². The van der Waals surface area contributed by atoms with Gasteiger partial charge in [-0.2, -0.15) is 18.7 Å². The Bertz CT molecular complexity index is 1250. The van der Waals surface area contributed by atoms with E-state index >= 15 is 0 Å². The summed E-state index contributed by atoms with van der Waals surface area (Å²) < 4.78 is 37.0. The molecule has 3 aliphatic rings. The zero-order valence-corrected chi connectivity index (χ0v) is 23.6. The SMILES string of the molecule is C=CC(=O)N1CCN(c2nc(OC[C@@H]3CCCN3C)nc3c2CN(Cc2c(Cl)cccc2OC(F)F)C3)[C@H](C)C1. The molecule has 5 rings (SSSR count). The number of nitrogens with zero attached hydrogens (tertiary/aromatic N) is 6. The van der Waals surface area contributed by atoms with E-state index in [4.69, 9.17) is 31.0 Å². The molecule has 12 heteroatoms. The van der Waals surface area contributed by atoms with Crippen molar-refractivity contribution in [3.8, 4) is 11.8 Å². The first-order valence-corrected chi connectivity index (χ1v) is 14.0. The Labute approximate surface area is 238 Å². The third-order valence-electron chi connectivity index (χ3n) is 7.94. The lowest BCUT2D eigenvalue weighted by molar-refractivity contribution is -0.126. The number of aromatic nitrogens is 2. The van der Waals surface area contributed by atoms with Gasteiger partial charge in [0.25, 0.3) is 0 Å². The normalized spacial score (nSPS) is 21.6. The number of likely N-dealkylation sites (N-methyl/N-ethyl adjacent to an activating group) is 1.